The predicted molar refractivity (Wildman–Crippen MR) is 85.6 cm³/mol. The van der Waals surface area contributed by atoms with Gasteiger partial charge in [-0.25, -0.2) is 0 Å². The minimum absolute atomic E-state index is 0.241. The van der Waals surface area contributed by atoms with Gasteiger partial charge in [-0.2, -0.15) is 15.0 Å². The highest BCUT2D eigenvalue weighted by molar-refractivity contribution is 6.28. The van der Waals surface area contributed by atoms with Crippen molar-refractivity contribution in [1.82, 2.24) is 15.0 Å². The van der Waals surface area contributed by atoms with E-state index in [2.05, 4.69) is 52.9 Å². The standard InChI is InChI=1S/C14H26ClN5/c1-5-8-9-10-11(4)16-13-17-12(15)18-14(19-13)20(6-2)7-3/h11H,5-10H2,1-4H3,(H,16,17,18,19). The predicted octanol–water partition coefficient (Wildman–Crippen LogP) is 3.75. The molecule has 1 rings (SSSR count). The quantitative estimate of drug-likeness (QED) is 0.704. The van der Waals surface area contributed by atoms with Crippen molar-refractivity contribution in [2.24, 2.45) is 0 Å². The zero-order valence-electron chi connectivity index (χ0n) is 13.0. The van der Waals surface area contributed by atoms with Crippen LogP contribution in [0.1, 0.15) is 53.4 Å². The van der Waals surface area contributed by atoms with Gasteiger partial charge in [0.25, 0.3) is 0 Å². The lowest BCUT2D eigenvalue weighted by Crippen LogP contribution is -2.25. The Morgan fingerprint density at radius 1 is 1.10 bits per heavy atom. The van der Waals surface area contributed by atoms with Crippen molar-refractivity contribution in [2.75, 3.05) is 23.3 Å². The zero-order chi connectivity index (χ0) is 15.0. The Hall–Kier alpha value is -1.10. The molecule has 0 fully saturated rings. The molecule has 0 amide bonds. The first-order valence-electron chi connectivity index (χ1n) is 7.53. The molecule has 20 heavy (non-hydrogen) atoms. The largest absolute Gasteiger partial charge is 0.352 e. The van der Waals surface area contributed by atoms with Gasteiger partial charge < -0.3 is 10.2 Å². The number of aromatic nitrogens is 3. The normalized spacial score (nSPS) is 12.2. The van der Waals surface area contributed by atoms with Gasteiger partial charge in [0.1, 0.15) is 0 Å². The number of halogens is 1. The van der Waals surface area contributed by atoms with Crippen LogP contribution in [0.15, 0.2) is 0 Å². The van der Waals surface area contributed by atoms with E-state index < -0.39 is 0 Å². The van der Waals surface area contributed by atoms with Crippen LogP contribution in [0.2, 0.25) is 5.28 Å². The van der Waals surface area contributed by atoms with Gasteiger partial charge in [-0.15, -0.1) is 0 Å². The maximum atomic E-state index is 5.99. The third-order valence-electron chi connectivity index (χ3n) is 3.26. The number of nitrogens with zero attached hydrogens (tertiary/aromatic N) is 4. The third kappa shape index (κ3) is 5.49. The second kappa shape index (κ2) is 8.95. The van der Waals surface area contributed by atoms with Crippen molar-refractivity contribution in [3.63, 3.8) is 0 Å². The molecule has 0 bridgehead atoms. The lowest BCUT2D eigenvalue weighted by Gasteiger charge is -2.20. The van der Waals surface area contributed by atoms with Crippen molar-refractivity contribution < 1.29 is 0 Å². The summed E-state index contributed by atoms with van der Waals surface area (Å²) in [5.74, 6) is 1.20. The molecule has 1 N–H and O–H groups in total. The number of hydrogen-bond donors (Lipinski definition) is 1. The maximum Gasteiger partial charge on any atom is 0.231 e. The Labute approximate surface area is 127 Å². The second-order valence-corrected chi connectivity index (χ2v) is 5.28. The van der Waals surface area contributed by atoms with Crippen LogP contribution in [-0.4, -0.2) is 34.1 Å². The molecule has 5 nitrogen and oxygen atoms in total. The summed E-state index contributed by atoms with van der Waals surface area (Å²) in [6.07, 6.45) is 4.81. The van der Waals surface area contributed by atoms with E-state index in [4.69, 9.17) is 11.6 Å². The Balaban J connectivity index is 2.70. The smallest absolute Gasteiger partial charge is 0.231 e. The number of nitrogens with one attached hydrogen (secondary N) is 1. The monoisotopic (exact) mass is 299 g/mol. The molecule has 0 aromatic carbocycles. The molecule has 0 saturated heterocycles. The SMILES string of the molecule is CCCCCC(C)Nc1nc(Cl)nc(N(CC)CC)n1. The van der Waals surface area contributed by atoms with Crippen LogP contribution in [0.4, 0.5) is 11.9 Å². The molecule has 0 aliphatic carbocycles. The molecule has 1 aromatic rings. The van der Waals surface area contributed by atoms with E-state index in [9.17, 15) is 0 Å². The summed E-state index contributed by atoms with van der Waals surface area (Å²) in [6.45, 7) is 10.2. The second-order valence-electron chi connectivity index (χ2n) is 4.94. The summed E-state index contributed by atoms with van der Waals surface area (Å²) in [5.41, 5.74) is 0. The highest BCUT2D eigenvalue weighted by atomic mass is 35.5. The van der Waals surface area contributed by atoms with Gasteiger partial charge in [-0.3, -0.25) is 0 Å². The number of rotatable bonds is 9. The summed E-state index contributed by atoms with van der Waals surface area (Å²) in [6, 6.07) is 0.338. The summed E-state index contributed by atoms with van der Waals surface area (Å²) < 4.78 is 0. The van der Waals surface area contributed by atoms with Crippen molar-refractivity contribution >= 4 is 23.5 Å². The van der Waals surface area contributed by atoms with Crippen LogP contribution >= 0.6 is 11.6 Å². The van der Waals surface area contributed by atoms with Gasteiger partial charge in [0.2, 0.25) is 17.2 Å². The van der Waals surface area contributed by atoms with Crippen LogP contribution in [0.25, 0.3) is 0 Å². The Morgan fingerprint density at radius 2 is 1.80 bits per heavy atom. The van der Waals surface area contributed by atoms with E-state index in [1.165, 1.54) is 19.3 Å². The first-order chi connectivity index (χ1) is 9.60. The highest BCUT2D eigenvalue weighted by Gasteiger charge is 2.11. The number of anilines is 2. The van der Waals surface area contributed by atoms with Crippen LogP contribution < -0.4 is 10.2 Å². The van der Waals surface area contributed by atoms with Gasteiger partial charge in [-0.1, -0.05) is 26.2 Å². The van der Waals surface area contributed by atoms with Crippen LogP contribution in [-0.2, 0) is 0 Å². The van der Waals surface area contributed by atoms with Gasteiger partial charge >= 0.3 is 0 Å². The minimum atomic E-state index is 0.241. The summed E-state index contributed by atoms with van der Waals surface area (Å²) in [4.78, 5) is 14.9. The fourth-order valence-corrected chi connectivity index (χ4v) is 2.20. The Bertz CT molecular complexity index is 395. The fraction of sp³-hybridized carbons (Fsp3) is 0.786. The van der Waals surface area contributed by atoms with E-state index in [1.54, 1.807) is 0 Å². The van der Waals surface area contributed by atoms with Crippen molar-refractivity contribution in [3.8, 4) is 0 Å². The summed E-state index contributed by atoms with van der Waals surface area (Å²) in [5, 5.41) is 3.55. The molecule has 0 aliphatic heterocycles. The molecular weight excluding hydrogens is 274 g/mol. The Morgan fingerprint density at radius 3 is 2.40 bits per heavy atom. The van der Waals surface area contributed by atoms with Crippen LogP contribution in [0.3, 0.4) is 0 Å². The van der Waals surface area contributed by atoms with Crippen molar-refractivity contribution in [3.05, 3.63) is 5.28 Å². The summed E-state index contributed by atoms with van der Waals surface area (Å²) >= 11 is 5.99. The average molecular weight is 300 g/mol. The molecule has 1 heterocycles. The molecule has 0 radical (unpaired) electrons. The first-order valence-corrected chi connectivity index (χ1v) is 7.91. The van der Waals surface area contributed by atoms with Gasteiger partial charge in [0.05, 0.1) is 0 Å². The molecule has 0 spiro atoms. The number of unbranched alkanes of at least 4 members (excludes halogenated alkanes) is 2. The maximum absolute atomic E-state index is 5.99. The third-order valence-corrected chi connectivity index (χ3v) is 3.43. The van der Waals surface area contributed by atoms with Crippen LogP contribution in [0.5, 0.6) is 0 Å². The van der Waals surface area contributed by atoms with E-state index in [0.29, 0.717) is 17.9 Å². The van der Waals surface area contributed by atoms with Crippen molar-refractivity contribution in [2.45, 2.75) is 59.4 Å². The molecular formula is C14H26ClN5. The summed E-state index contributed by atoms with van der Waals surface area (Å²) in [7, 11) is 0. The van der Waals surface area contributed by atoms with Gasteiger partial charge in [-0.05, 0) is 38.8 Å². The van der Waals surface area contributed by atoms with Crippen molar-refractivity contribution in [1.29, 1.82) is 0 Å². The highest BCUT2D eigenvalue weighted by Crippen LogP contribution is 2.15. The van der Waals surface area contributed by atoms with E-state index in [1.807, 2.05) is 0 Å². The van der Waals surface area contributed by atoms with E-state index >= 15 is 0 Å². The fourth-order valence-electron chi connectivity index (χ4n) is 2.05. The molecule has 6 heteroatoms. The topological polar surface area (TPSA) is 53.9 Å². The van der Waals surface area contributed by atoms with Gasteiger partial charge in [0, 0.05) is 19.1 Å². The van der Waals surface area contributed by atoms with Crippen LogP contribution in [0, 0.1) is 0 Å². The molecule has 1 unspecified atom stereocenters. The zero-order valence-corrected chi connectivity index (χ0v) is 13.7. The van der Waals surface area contributed by atoms with E-state index in [-0.39, 0.29) is 5.28 Å². The molecule has 1 atom stereocenters. The first kappa shape index (κ1) is 17.0. The molecule has 114 valence electrons. The molecule has 0 aliphatic rings. The van der Waals surface area contributed by atoms with E-state index in [0.717, 1.165) is 19.5 Å². The van der Waals surface area contributed by atoms with Gasteiger partial charge in [0.15, 0.2) is 0 Å². The lowest BCUT2D eigenvalue weighted by molar-refractivity contribution is 0.611. The Kier molecular flexibility index (Phi) is 7.59. The lowest BCUT2D eigenvalue weighted by atomic mass is 10.1. The average Bonchev–Trinajstić information content (AvgIpc) is 2.39. The molecule has 0 saturated carbocycles. The molecule has 1 aromatic heterocycles. The minimum Gasteiger partial charge on any atom is -0.352 e. The number of hydrogen-bond acceptors (Lipinski definition) is 5.